The van der Waals surface area contributed by atoms with E-state index in [2.05, 4.69) is 14.9 Å². The summed E-state index contributed by atoms with van der Waals surface area (Å²) in [6.07, 6.45) is 3.63. The Kier molecular flexibility index (Phi) is 3.97. The molecule has 120 valence electrons. The standard InChI is InChI=1S/C16H19N5OS/c22-16-20(9-13-3-1-2-4-17-13)11-14-10-19(6-7-21(14)16)12-15-18-5-8-23-15/h1-5,8,14H,6-7,9-12H2. The van der Waals surface area contributed by atoms with Crippen molar-refractivity contribution < 1.29 is 4.79 Å². The van der Waals surface area contributed by atoms with Crippen LogP contribution in [0.2, 0.25) is 0 Å². The topological polar surface area (TPSA) is 52.6 Å². The molecule has 2 saturated heterocycles. The minimum atomic E-state index is 0.148. The first-order chi connectivity index (χ1) is 11.3. The van der Waals surface area contributed by atoms with Crippen LogP contribution in [0.5, 0.6) is 0 Å². The highest BCUT2D eigenvalue weighted by molar-refractivity contribution is 7.09. The van der Waals surface area contributed by atoms with Crippen LogP contribution in [0.1, 0.15) is 10.7 Å². The zero-order chi connectivity index (χ0) is 15.6. The molecule has 2 amide bonds. The molecule has 1 atom stereocenters. The summed E-state index contributed by atoms with van der Waals surface area (Å²) in [4.78, 5) is 27.6. The van der Waals surface area contributed by atoms with Crippen molar-refractivity contribution in [1.82, 2.24) is 24.7 Å². The summed E-state index contributed by atoms with van der Waals surface area (Å²) in [5, 5.41) is 3.16. The fourth-order valence-electron chi connectivity index (χ4n) is 3.33. The molecule has 0 aliphatic carbocycles. The third-order valence-electron chi connectivity index (χ3n) is 4.44. The Morgan fingerprint density at radius 2 is 2.09 bits per heavy atom. The molecule has 23 heavy (non-hydrogen) atoms. The van der Waals surface area contributed by atoms with Crippen LogP contribution in [0, 0.1) is 0 Å². The predicted molar refractivity (Wildman–Crippen MR) is 87.9 cm³/mol. The van der Waals surface area contributed by atoms with E-state index in [1.165, 1.54) is 0 Å². The summed E-state index contributed by atoms with van der Waals surface area (Å²) in [5.41, 5.74) is 0.945. The van der Waals surface area contributed by atoms with Crippen LogP contribution in [0.25, 0.3) is 0 Å². The lowest BCUT2D eigenvalue weighted by Crippen LogP contribution is -2.51. The van der Waals surface area contributed by atoms with Gasteiger partial charge >= 0.3 is 6.03 Å². The second-order valence-corrected chi connectivity index (χ2v) is 6.97. The lowest BCUT2D eigenvalue weighted by Gasteiger charge is -2.35. The molecule has 7 heteroatoms. The maximum Gasteiger partial charge on any atom is 0.320 e. The van der Waals surface area contributed by atoms with Crippen LogP contribution in [0.15, 0.2) is 36.0 Å². The Hall–Kier alpha value is -1.99. The van der Waals surface area contributed by atoms with Gasteiger partial charge in [-0.1, -0.05) is 6.07 Å². The second-order valence-electron chi connectivity index (χ2n) is 5.99. The second kappa shape index (κ2) is 6.25. The lowest BCUT2D eigenvalue weighted by molar-refractivity contribution is 0.116. The number of pyridine rings is 1. The smallest absolute Gasteiger partial charge is 0.317 e. The normalized spacial score (nSPS) is 21.7. The summed E-state index contributed by atoms with van der Waals surface area (Å²) in [6, 6.07) is 6.26. The third kappa shape index (κ3) is 3.07. The van der Waals surface area contributed by atoms with Gasteiger partial charge in [-0.15, -0.1) is 11.3 Å². The fraction of sp³-hybridized carbons (Fsp3) is 0.438. The molecule has 0 spiro atoms. The van der Waals surface area contributed by atoms with E-state index in [1.807, 2.05) is 39.6 Å². The number of amides is 2. The van der Waals surface area contributed by atoms with Crippen LogP contribution in [0.3, 0.4) is 0 Å². The van der Waals surface area contributed by atoms with Crippen LogP contribution in [-0.2, 0) is 13.1 Å². The van der Waals surface area contributed by atoms with Crippen LogP contribution < -0.4 is 0 Å². The third-order valence-corrected chi connectivity index (χ3v) is 5.20. The Bertz CT molecular complexity index is 662. The molecule has 2 fully saturated rings. The van der Waals surface area contributed by atoms with E-state index in [9.17, 15) is 4.79 Å². The number of urea groups is 1. The molecular formula is C16H19N5OS. The maximum atomic E-state index is 12.6. The summed E-state index contributed by atoms with van der Waals surface area (Å²) >= 11 is 1.69. The van der Waals surface area contributed by atoms with Crippen molar-refractivity contribution in [3.8, 4) is 0 Å². The number of rotatable bonds is 4. The molecule has 4 rings (SSSR count). The largest absolute Gasteiger partial charge is 0.320 e. The summed E-state index contributed by atoms with van der Waals surface area (Å²) in [6.45, 7) is 4.90. The monoisotopic (exact) mass is 329 g/mol. The molecule has 1 unspecified atom stereocenters. The van der Waals surface area contributed by atoms with Gasteiger partial charge < -0.3 is 9.80 Å². The average molecular weight is 329 g/mol. The molecule has 0 N–H and O–H groups in total. The number of piperazine rings is 1. The van der Waals surface area contributed by atoms with E-state index in [0.717, 1.165) is 43.4 Å². The zero-order valence-electron chi connectivity index (χ0n) is 12.8. The number of carbonyl (C=O) groups excluding carboxylic acids is 1. The fourth-order valence-corrected chi connectivity index (χ4v) is 3.98. The van der Waals surface area contributed by atoms with Gasteiger partial charge in [0.05, 0.1) is 24.8 Å². The van der Waals surface area contributed by atoms with E-state index >= 15 is 0 Å². The van der Waals surface area contributed by atoms with Gasteiger partial charge in [-0.3, -0.25) is 9.88 Å². The lowest BCUT2D eigenvalue weighted by atomic mass is 10.2. The van der Waals surface area contributed by atoms with E-state index in [0.29, 0.717) is 6.54 Å². The van der Waals surface area contributed by atoms with Crippen LogP contribution in [-0.4, -0.2) is 62.9 Å². The van der Waals surface area contributed by atoms with Gasteiger partial charge in [-0.25, -0.2) is 9.78 Å². The highest BCUT2D eigenvalue weighted by atomic mass is 32.1. The van der Waals surface area contributed by atoms with Crippen molar-refractivity contribution in [2.45, 2.75) is 19.1 Å². The molecule has 4 heterocycles. The average Bonchev–Trinajstić information content (AvgIpc) is 3.17. The minimum Gasteiger partial charge on any atom is -0.317 e. The molecule has 2 aliphatic heterocycles. The number of fused-ring (bicyclic) bond motifs is 1. The van der Waals surface area contributed by atoms with E-state index < -0.39 is 0 Å². The summed E-state index contributed by atoms with van der Waals surface area (Å²) < 4.78 is 0. The zero-order valence-corrected chi connectivity index (χ0v) is 13.7. The molecule has 0 saturated carbocycles. The molecule has 0 aromatic carbocycles. The quantitative estimate of drug-likeness (QED) is 0.856. The Balaban J connectivity index is 1.39. The molecular weight excluding hydrogens is 310 g/mol. The molecule has 0 bridgehead atoms. The Morgan fingerprint density at radius 3 is 2.87 bits per heavy atom. The first kappa shape index (κ1) is 14.6. The SMILES string of the molecule is O=C1N(Cc2ccccn2)CC2CN(Cc3nccs3)CCN12. The molecule has 0 radical (unpaired) electrons. The predicted octanol–water partition coefficient (Wildman–Crippen LogP) is 1.66. The number of nitrogens with zero attached hydrogens (tertiary/aromatic N) is 5. The van der Waals surface area contributed by atoms with E-state index in [4.69, 9.17) is 0 Å². The number of aromatic nitrogens is 2. The minimum absolute atomic E-state index is 0.148. The highest BCUT2D eigenvalue weighted by Crippen LogP contribution is 2.23. The van der Waals surface area contributed by atoms with Gasteiger partial charge in [-0.05, 0) is 12.1 Å². The summed E-state index contributed by atoms with van der Waals surface area (Å²) in [7, 11) is 0. The molecule has 6 nitrogen and oxygen atoms in total. The van der Waals surface area contributed by atoms with Crippen molar-refractivity contribution in [3.63, 3.8) is 0 Å². The van der Waals surface area contributed by atoms with Gasteiger partial charge in [-0.2, -0.15) is 0 Å². The van der Waals surface area contributed by atoms with Gasteiger partial charge in [0, 0.05) is 44.0 Å². The Morgan fingerprint density at radius 1 is 1.13 bits per heavy atom. The molecule has 2 aromatic rings. The number of carbonyl (C=O) groups is 1. The Labute approximate surface area is 139 Å². The van der Waals surface area contributed by atoms with Gasteiger partial charge in [0.25, 0.3) is 0 Å². The first-order valence-electron chi connectivity index (χ1n) is 7.86. The molecule has 2 aromatic heterocycles. The van der Waals surface area contributed by atoms with Gasteiger partial charge in [0.15, 0.2) is 0 Å². The van der Waals surface area contributed by atoms with Crippen molar-refractivity contribution in [3.05, 3.63) is 46.7 Å². The van der Waals surface area contributed by atoms with Crippen molar-refractivity contribution >= 4 is 17.4 Å². The van der Waals surface area contributed by atoms with Crippen LogP contribution in [0.4, 0.5) is 4.79 Å². The van der Waals surface area contributed by atoms with Crippen molar-refractivity contribution in [1.29, 1.82) is 0 Å². The van der Waals surface area contributed by atoms with E-state index in [-0.39, 0.29) is 12.1 Å². The number of thiazole rings is 1. The van der Waals surface area contributed by atoms with Gasteiger partial charge in [0.2, 0.25) is 0 Å². The first-order valence-corrected chi connectivity index (χ1v) is 8.74. The van der Waals surface area contributed by atoms with Crippen LogP contribution >= 0.6 is 11.3 Å². The summed E-state index contributed by atoms with van der Waals surface area (Å²) in [5.74, 6) is 0. The van der Waals surface area contributed by atoms with E-state index in [1.54, 1.807) is 17.5 Å². The number of hydrogen-bond donors (Lipinski definition) is 0. The van der Waals surface area contributed by atoms with Crippen molar-refractivity contribution in [2.24, 2.45) is 0 Å². The highest BCUT2D eigenvalue weighted by Gasteiger charge is 2.40. The van der Waals surface area contributed by atoms with Gasteiger partial charge in [0.1, 0.15) is 5.01 Å². The number of hydrogen-bond acceptors (Lipinski definition) is 5. The van der Waals surface area contributed by atoms with Crippen molar-refractivity contribution in [2.75, 3.05) is 26.2 Å². The molecule has 2 aliphatic rings. The maximum absolute atomic E-state index is 12.6.